The van der Waals surface area contributed by atoms with Gasteiger partial charge in [-0.25, -0.2) is 0 Å². The molecule has 0 saturated carbocycles. The lowest BCUT2D eigenvalue weighted by Crippen LogP contribution is -2.45. The van der Waals surface area contributed by atoms with Crippen molar-refractivity contribution in [2.75, 3.05) is 40.9 Å². The molecule has 2 N–H and O–H groups in total. The van der Waals surface area contributed by atoms with Crippen LogP contribution in [0.25, 0.3) is 0 Å². The molecule has 0 aliphatic carbocycles. The Labute approximate surface area is 418 Å². The van der Waals surface area contributed by atoms with Gasteiger partial charge in [0.05, 0.1) is 39.9 Å². The fourth-order valence-corrected chi connectivity index (χ4v) is 7.67. The molecule has 9 heteroatoms. The van der Waals surface area contributed by atoms with E-state index in [1.807, 2.05) is 27.2 Å². The SMILES string of the molecule is CC/C=C\C/C=C\C/C=C\C/C=C\C/C=C\C/C=C\C/C=C\C/C=C\CCCCC(=O)NC(COP(=O)([O-])OCC[N+](C)(C)C)C(O)/C=C/CC/C=C/CCCCCCCCCCCCCCC. The molecule has 0 radical (unpaired) electrons. The lowest BCUT2D eigenvalue weighted by Gasteiger charge is -2.29. The van der Waals surface area contributed by atoms with Crippen LogP contribution in [0.5, 0.6) is 0 Å². The quantitative estimate of drug-likeness (QED) is 0.0272. The topological polar surface area (TPSA) is 108 Å². The maximum atomic E-state index is 12.9. The van der Waals surface area contributed by atoms with Crippen LogP contribution in [0.15, 0.2) is 122 Å². The minimum Gasteiger partial charge on any atom is -0.756 e. The van der Waals surface area contributed by atoms with Gasteiger partial charge in [-0.2, -0.15) is 0 Å². The second-order valence-corrected chi connectivity index (χ2v) is 20.2. The number of aliphatic hydroxyl groups excluding tert-OH is 1. The molecule has 3 unspecified atom stereocenters. The Morgan fingerprint density at radius 1 is 0.529 bits per heavy atom. The molecule has 0 heterocycles. The Morgan fingerprint density at radius 3 is 1.37 bits per heavy atom. The Bertz CT molecular complexity index is 1510. The molecule has 0 aromatic carbocycles. The Balaban J connectivity index is 4.45. The fourth-order valence-electron chi connectivity index (χ4n) is 6.95. The van der Waals surface area contributed by atoms with Gasteiger partial charge >= 0.3 is 0 Å². The third-order valence-corrected chi connectivity index (χ3v) is 12.1. The fraction of sp³-hybridized carbons (Fsp3) is 0.644. The van der Waals surface area contributed by atoms with Crippen LogP contribution in [0.4, 0.5) is 0 Å². The van der Waals surface area contributed by atoms with E-state index in [9.17, 15) is 19.4 Å². The van der Waals surface area contributed by atoms with Crippen molar-refractivity contribution < 1.29 is 32.9 Å². The largest absolute Gasteiger partial charge is 0.756 e. The van der Waals surface area contributed by atoms with Crippen LogP contribution in [-0.2, 0) is 18.4 Å². The average Bonchev–Trinajstić information content (AvgIpc) is 3.30. The number of phosphoric acid groups is 1. The highest BCUT2D eigenvalue weighted by atomic mass is 31.2. The highest BCUT2D eigenvalue weighted by Gasteiger charge is 2.23. The number of likely N-dealkylation sites (N-methyl/N-ethyl adjacent to an activating group) is 1. The standard InChI is InChI=1S/C59H101N2O6P/c1-6-8-10-12-14-16-18-20-22-24-26-27-28-29-30-31-32-33-35-37-39-41-43-45-47-49-51-53-59(63)60-57(56-67-68(64,65)66-55-54-61(3,4)5)58(62)52-50-48-46-44-42-40-38-36-34-25-23-21-19-17-15-13-11-9-7-2/h8,10,14,16,20,22,26-27,29-30,32-33,37,39,42-45,50,52,57-58,62H,6-7,9,11-13,15,17-19,21,23-25,28,31,34-36,38,40-41,46-49,51,53-56H2,1-5H3,(H-,60,63,64,65)/b10-8-,16-14-,22-20-,27-26-,30-29-,33-32-,39-37-,44-42+,45-43-,52-50+. The van der Waals surface area contributed by atoms with Gasteiger partial charge in [0.15, 0.2) is 0 Å². The summed E-state index contributed by atoms with van der Waals surface area (Å²) in [5, 5.41) is 13.8. The highest BCUT2D eigenvalue weighted by molar-refractivity contribution is 7.45. The van der Waals surface area contributed by atoms with Crippen molar-refractivity contribution in [1.82, 2.24) is 5.32 Å². The number of aliphatic hydroxyl groups is 1. The summed E-state index contributed by atoms with van der Waals surface area (Å²) in [6.07, 6.45) is 72.7. The molecular weight excluding hydrogens is 864 g/mol. The van der Waals surface area contributed by atoms with Crippen LogP contribution < -0.4 is 10.2 Å². The van der Waals surface area contributed by atoms with Crippen molar-refractivity contribution in [3.8, 4) is 0 Å². The Kier molecular flexibility index (Phi) is 46.7. The number of amides is 1. The first-order chi connectivity index (χ1) is 33.0. The van der Waals surface area contributed by atoms with Gasteiger partial charge in [-0.1, -0.05) is 212 Å². The normalized spacial score (nSPS) is 15.0. The molecule has 388 valence electrons. The molecule has 0 spiro atoms. The maximum Gasteiger partial charge on any atom is 0.268 e. The monoisotopic (exact) mass is 965 g/mol. The number of carbonyl (C=O) groups excluding carboxylic acids is 1. The molecule has 0 rings (SSSR count). The minimum atomic E-state index is -4.62. The van der Waals surface area contributed by atoms with Crippen molar-refractivity contribution in [2.24, 2.45) is 0 Å². The third-order valence-electron chi connectivity index (χ3n) is 11.2. The first-order valence-corrected chi connectivity index (χ1v) is 28.4. The number of phosphoric ester groups is 1. The highest BCUT2D eigenvalue weighted by Crippen LogP contribution is 2.38. The number of quaternary nitrogens is 1. The Morgan fingerprint density at radius 2 is 0.912 bits per heavy atom. The summed E-state index contributed by atoms with van der Waals surface area (Å²) >= 11 is 0. The zero-order valence-electron chi connectivity index (χ0n) is 44.0. The van der Waals surface area contributed by atoms with Crippen molar-refractivity contribution in [3.63, 3.8) is 0 Å². The second kappa shape index (κ2) is 48.9. The van der Waals surface area contributed by atoms with E-state index in [1.165, 1.54) is 83.5 Å². The average molecular weight is 965 g/mol. The minimum absolute atomic E-state index is 0.0221. The second-order valence-electron chi connectivity index (χ2n) is 18.8. The number of hydrogen-bond acceptors (Lipinski definition) is 6. The van der Waals surface area contributed by atoms with Gasteiger partial charge in [0, 0.05) is 6.42 Å². The molecule has 0 aliphatic heterocycles. The first kappa shape index (κ1) is 64.9. The number of carbonyl (C=O) groups is 1. The van der Waals surface area contributed by atoms with Crippen LogP contribution in [0.3, 0.4) is 0 Å². The summed E-state index contributed by atoms with van der Waals surface area (Å²) in [4.78, 5) is 25.4. The molecule has 0 bridgehead atoms. The smallest absolute Gasteiger partial charge is 0.268 e. The molecule has 0 aromatic rings. The summed E-state index contributed by atoms with van der Waals surface area (Å²) in [6, 6.07) is -0.936. The van der Waals surface area contributed by atoms with Crippen LogP contribution in [-0.4, -0.2) is 68.5 Å². The summed E-state index contributed by atoms with van der Waals surface area (Å²) in [5.74, 6) is -0.254. The van der Waals surface area contributed by atoms with Gasteiger partial charge in [0.2, 0.25) is 5.91 Å². The van der Waals surface area contributed by atoms with Crippen LogP contribution in [0, 0.1) is 0 Å². The molecule has 3 atom stereocenters. The number of hydrogen-bond donors (Lipinski definition) is 2. The van der Waals surface area contributed by atoms with E-state index in [0.29, 0.717) is 17.4 Å². The Hall–Kier alpha value is -3.10. The summed E-state index contributed by atoms with van der Waals surface area (Å²) in [5.41, 5.74) is 0. The van der Waals surface area contributed by atoms with Crippen molar-refractivity contribution >= 4 is 13.7 Å². The lowest BCUT2D eigenvalue weighted by molar-refractivity contribution is -0.870. The molecule has 0 aliphatic rings. The molecular formula is C59H101N2O6P. The molecule has 68 heavy (non-hydrogen) atoms. The molecule has 1 amide bonds. The molecule has 8 nitrogen and oxygen atoms in total. The zero-order valence-corrected chi connectivity index (χ0v) is 44.9. The van der Waals surface area contributed by atoms with Gasteiger partial charge in [0.1, 0.15) is 13.2 Å². The zero-order chi connectivity index (χ0) is 49.9. The first-order valence-electron chi connectivity index (χ1n) is 26.9. The van der Waals surface area contributed by atoms with E-state index in [-0.39, 0.29) is 18.9 Å². The van der Waals surface area contributed by atoms with Crippen LogP contribution in [0.1, 0.15) is 194 Å². The summed E-state index contributed by atoms with van der Waals surface area (Å²) < 4.78 is 23.3. The summed E-state index contributed by atoms with van der Waals surface area (Å²) in [7, 11) is 1.19. The predicted octanol–water partition coefficient (Wildman–Crippen LogP) is 15.6. The van der Waals surface area contributed by atoms with E-state index in [1.54, 1.807) is 6.08 Å². The van der Waals surface area contributed by atoms with Crippen molar-refractivity contribution in [1.29, 1.82) is 0 Å². The molecule has 0 aromatic heterocycles. The van der Waals surface area contributed by atoms with Gasteiger partial charge < -0.3 is 28.8 Å². The van der Waals surface area contributed by atoms with Crippen molar-refractivity contribution in [2.45, 2.75) is 206 Å². The van der Waals surface area contributed by atoms with Crippen molar-refractivity contribution in [3.05, 3.63) is 122 Å². The molecule has 0 saturated heterocycles. The number of allylic oxidation sites excluding steroid dienone is 19. The van der Waals surface area contributed by atoms with Gasteiger partial charge in [-0.15, -0.1) is 0 Å². The van der Waals surface area contributed by atoms with E-state index in [0.717, 1.165) is 83.5 Å². The van der Waals surface area contributed by atoms with Gasteiger partial charge in [0.25, 0.3) is 7.82 Å². The van der Waals surface area contributed by atoms with Gasteiger partial charge in [-0.05, 0) is 96.3 Å². The molecule has 0 fully saturated rings. The van der Waals surface area contributed by atoms with Gasteiger partial charge in [-0.3, -0.25) is 9.36 Å². The third kappa shape index (κ3) is 50.8. The van der Waals surface area contributed by atoms with Crippen LogP contribution >= 0.6 is 7.82 Å². The van der Waals surface area contributed by atoms with E-state index in [2.05, 4.69) is 129 Å². The van der Waals surface area contributed by atoms with Crippen LogP contribution in [0.2, 0.25) is 0 Å². The van der Waals surface area contributed by atoms with E-state index >= 15 is 0 Å². The maximum absolute atomic E-state index is 12.9. The lowest BCUT2D eigenvalue weighted by atomic mass is 10.0. The number of rotatable bonds is 47. The number of unbranched alkanes of at least 4 members (excludes halogenated alkanes) is 16. The number of nitrogens with one attached hydrogen (secondary N) is 1. The summed E-state index contributed by atoms with van der Waals surface area (Å²) in [6.45, 7) is 4.46. The van der Waals surface area contributed by atoms with E-state index < -0.39 is 26.6 Å². The van der Waals surface area contributed by atoms with E-state index in [4.69, 9.17) is 9.05 Å². The predicted molar refractivity (Wildman–Crippen MR) is 292 cm³/mol. The number of nitrogens with zero attached hydrogens (tertiary/aromatic N) is 1.